The molecule has 1 N–H and O–H groups in total. The number of fused-ring (bicyclic) bond motifs is 1. The molecule has 5 heteroatoms. The number of hydrogen-bond donors (Lipinski definition) is 1. The van der Waals surface area contributed by atoms with Crippen molar-refractivity contribution in [2.24, 2.45) is 0 Å². The van der Waals surface area contributed by atoms with Gasteiger partial charge >= 0.3 is 0 Å². The van der Waals surface area contributed by atoms with Gasteiger partial charge in [0.1, 0.15) is 0 Å². The first-order valence-electron chi connectivity index (χ1n) is 8.29. The minimum absolute atomic E-state index is 0.132. The lowest BCUT2D eigenvalue weighted by Crippen LogP contribution is -2.27. The van der Waals surface area contributed by atoms with E-state index < -0.39 is 0 Å². The number of benzene rings is 1. The predicted molar refractivity (Wildman–Crippen MR) is 95.8 cm³/mol. The van der Waals surface area contributed by atoms with Crippen LogP contribution in [0.25, 0.3) is 0 Å². The van der Waals surface area contributed by atoms with Crippen LogP contribution in [0.3, 0.4) is 0 Å². The Labute approximate surface area is 147 Å². The van der Waals surface area contributed by atoms with Crippen LogP contribution >= 0.6 is 0 Å². The van der Waals surface area contributed by atoms with Gasteiger partial charge in [-0.25, -0.2) is 0 Å². The van der Waals surface area contributed by atoms with Crippen LogP contribution in [0.5, 0.6) is 0 Å². The Morgan fingerprint density at radius 1 is 1.32 bits per heavy atom. The van der Waals surface area contributed by atoms with E-state index in [0.717, 1.165) is 28.8 Å². The number of aromatic nitrogens is 1. The fourth-order valence-electron chi connectivity index (χ4n) is 2.79. The van der Waals surface area contributed by atoms with E-state index in [-0.39, 0.29) is 11.8 Å². The number of hydrogen-bond acceptors (Lipinski definition) is 3. The van der Waals surface area contributed by atoms with E-state index in [1.54, 1.807) is 12.4 Å². The van der Waals surface area contributed by atoms with Crippen LogP contribution in [0.2, 0.25) is 0 Å². The van der Waals surface area contributed by atoms with Gasteiger partial charge in [0.25, 0.3) is 5.91 Å². The van der Waals surface area contributed by atoms with Crippen LogP contribution in [0.4, 0.5) is 5.69 Å². The first kappa shape index (κ1) is 16.7. The maximum absolute atomic E-state index is 11.9. The highest BCUT2D eigenvalue weighted by atomic mass is 16.2. The zero-order valence-corrected chi connectivity index (χ0v) is 14.1. The minimum Gasteiger partial charge on any atom is -0.341 e. The summed E-state index contributed by atoms with van der Waals surface area (Å²) in [6.45, 7) is 2.98. The Hall–Kier alpha value is -3.13. The van der Waals surface area contributed by atoms with E-state index in [2.05, 4.69) is 22.1 Å². The summed E-state index contributed by atoms with van der Waals surface area (Å²) < 4.78 is 0. The molecule has 0 unspecified atom stereocenters. The number of rotatable bonds is 3. The molecular weight excluding hydrogens is 314 g/mol. The molecule has 1 aromatic carbocycles. The van der Waals surface area contributed by atoms with Gasteiger partial charge in [0.05, 0.1) is 0 Å². The Morgan fingerprint density at radius 3 is 2.96 bits per heavy atom. The second kappa shape index (κ2) is 7.63. The van der Waals surface area contributed by atoms with Crippen molar-refractivity contribution in [2.45, 2.75) is 26.3 Å². The standard InChI is InChI=1S/C20H19N3O2/c1-2-20(25)23-11-9-17-12-15(5-7-18(17)23)6-8-19(24)22-14-16-4-3-10-21-13-16/h3-5,7,10,12-13H,2,9,11,14H2,1H3,(H,22,24). The molecule has 1 aliphatic heterocycles. The van der Waals surface area contributed by atoms with Crippen molar-refractivity contribution in [2.75, 3.05) is 11.4 Å². The molecule has 2 heterocycles. The highest BCUT2D eigenvalue weighted by Crippen LogP contribution is 2.29. The van der Waals surface area contributed by atoms with Crippen molar-refractivity contribution < 1.29 is 9.59 Å². The van der Waals surface area contributed by atoms with E-state index in [9.17, 15) is 9.59 Å². The van der Waals surface area contributed by atoms with Crippen LogP contribution in [0.15, 0.2) is 42.7 Å². The maximum Gasteiger partial charge on any atom is 0.296 e. The molecule has 1 aromatic heterocycles. The molecule has 0 saturated carbocycles. The monoisotopic (exact) mass is 333 g/mol. The molecule has 126 valence electrons. The van der Waals surface area contributed by atoms with E-state index >= 15 is 0 Å². The Morgan fingerprint density at radius 2 is 2.20 bits per heavy atom. The summed E-state index contributed by atoms with van der Waals surface area (Å²) in [6, 6.07) is 9.43. The number of pyridine rings is 1. The van der Waals surface area contributed by atoms with Crippen molar-refractivity contribution in [1.82, 2.24) is 10.3 Å². The van der Waals surface area contributed by atoms with Gasteiger partial charge in [0.2, 0.25) is 5.91 Å². The smallest absolute Gasteiger partial charge is 0.296 e. The summed E-state index contributed by atoms with van der Waals surface area (Å²) in [6.07, 6.45) is 4.72. The van der Waals surface area contributed by atoms with Gasteiger partial charge in [-0.05, 0) is 41.8 Å². The SMILES string of the molecule is CCC(=O)N1CCc2cc(C#CC(=O)NCc3cccnc3)ccc21. The van der Waals surface area contributed by atoms with Crippen LogP contribution in [0.1, 0.15) is 30.0 Å². The Bertz CT molecular complexity index is 850. The van der Waals surface area contributed by atoms with Gasteiger partial charge in [-0.15, -0.1) is 0 Å². The first-order valence-corrected chi connectivity index (χ1v) is 8.29. The first-order chi connectivity index (χ1) is 12.2. The Kier molecular flexibility index (Phi) is 5.10. The molecular formula is C20H19N3O2. The highest BCUT2D eigenvalue weighted by molar-refractivity contribution is 5.96. The average molecular weight is 333 g/mol. The summed E-state index contributed by atoms with van der Waals surface area (Å²) in [4.78, 5) is 29.6. The van der Waals surface area contributed by atoms with Crippen molar-refractivity contribution in [3.63, 3.8) is 0 Å². The molecule has 2 aromatic rings. The van der Waals surface area contributed by atoms with Gasteiger partial charge in [-0.1, -0.05) is 18.9 Å². The zero-order valence-electron chi connectivity index (χ0n) is 14.1. The predicted octanol–water partition coefficient (Wildman–Crippen LogP) is 2.05. The van der Waals surface area contributed by atoms with Gasteiger partial charge in [0, 0.05) is 49.1 Å². The topological polar surface area (TPSA) is 62.3 Å². The molecule has 1 aliphatic rings. The molecule has 0 fully saturated rings. The lowest BCUT2D eigenvalue weighted by atomic mass is 10.1. The highest BCUT2D eigenvalue weighted by Gasteiger charge is 2.23. The second-order valence-corrected chi connectivity index (χ2v) is 5.79. The third kappa shape index (κ3) is 4.04. The van der Waals surface area contributed by atoms with Gasteiger partial charge in [0.15, 0.2) is 0 Å². The zero-order chi connectivity index (χ0) is 17.6. The maximum atomic E-state index is 11.9. The molecule has 0 aliphatic carbocycles. The Balaban J connectivity index is 1.64. The molecule has 0 saturated heterocycles. The second-order valence-electron chi connectivity index (χ2n) is 5.79. The number of amides is 2. The lowest BCUT2D eigenvalue weighted by Gasteiger charge is -2.16. The summed E-state index contributed by atoms with van der Waals surface area (Å²) in [5.74, 6) is 5.30. The van der Waals surface area contributed by atoms with Gasteiger partial charge in [-0.2, -0.15) is 0 Å². The molecule has 0 spiro atoms. The largest absolute Gasteiger partial charge is 0.341 e. The van der Waals surface area contributed by atoms with E-state index in [1.165, 1.54) is 0 Å². The number of nitrogens with one attached hydrogen (secondary N) is 1. The summed E-state index contributed by atoms with van der Waals surface area (Å²) >= 11 is 0. The number of anilines is 1. The molecule has 0 bridgehead atoms. The molecule has 0 radical (unpaired) electrons. The van der Waals surface area contributed by atoms with Crippen LogP contribution < -0.4 is 10.2 Å². The molecule has 2 amide bonds. The van der Waals surface area contributed by atoms with Gasteiger partial charge < -0.3 is 10.2 Å². The van der Waals surface area contributed by atoms with Crippen LogP contribution in [-0.2, 0) is 22.6 Å². The summed E-state index contributed by atoms with van der Waals surface area (Å²) in [5.41, 5.74) is 3.76. The minimum atomic E-state index is -0.327. The van der Waals surface area contributed by atoms with Gasteiger partial charge in [-0.3, -0.25) is 14.6 Å². The number of nitrogens with zero attached hydrogens (tertiary/aromatic N) is 2. The van der Waals surface area contributed by atoms with Crippen molar-refractivity contribution in [1.29, 1.82) is 0 Å². The number of carbonyl (C=O) groups excluding carboxylic acids is 2. The quantitative estimate of drug-likeness (QED) is 0.875. The lowest BCUT2D eigenvalue weighted by molar-refractivity contribution is -0.118. The third-order valence-electron chi connectivity index (χ3n) is 4.07. The van der Waals surface area contributed by atoms with Crippen molar-refractivity contribution >= 4 is 17.5 Å². The molecule has 5 nitrogen and oxygen atoms in total. The molecule has 0 atom stereocenters. The average Bonchev–Trinajstić information content (AvgIpc) is 3.08. The van der Waals surface area contributed by atoms with Crippen LogP contribution in [0, 0.1) is 11.8 Å². The molecule has 25 heavy (non-hydrogen) atoms. The molecule has 3 rings (SSSR count). The van der Waals surface area contributed by atoms with Crippen molar-refractivity contribution in [3.05, 3.63) is 59.4 Å². The van der Waals surface area contributed by atoms with E-state index in [4.69, 9.17) is 0 Å². The van der Waals surface area contributed by atoms with E-state index in [0.29, 0.717) is 19.5 Å². The van der Waals surface area contributed by atoms with Crippen molar-refractivity contribution in [3.8, 4) is 11.8 Å². The fraction of sp³-hybridized carbons (Fsp3) is 0.250. The van der Waals surface area contributed by atoms with E-state index in [1.807, 2.05) is 42.2 Å². The number of carbonyl (C=O) groups is 2. The normalized spacial score (nSPS) is 12.1. The third-order valence-corrected chi connectivity index (χ3v) is 4.07. The summed E-state index contributed by atoms with van der Waals surface area (Å²) in [5, 5.41) is 2.75. The fourth-order valence-corrected chi connectivity index (χ4v) is 2.79. The van der Waals surface area contributed by atoms with Crippen LogP contribution in [-0.4, -0.2) is 23.3 Å². The summed E-state index contributed by atoms with van der Waals surface area (Å²) in [7, 11) is 0.